The fraction of sp³-hybridized carbons (Fsp3) is 0.136. The number of pyridine rings is 1. The third-order valence-corrected chi connectivity index (χ3v) is 4.56. The molecular formula is C22H15F3N2O4. The Labute approximate surface area is 173 Å². The van der Waals surface area contributed by atoms with Gasteiger partial charge >= 0.3 is 17.9 Å². The minimum Gasteiger partial charge on any atom is -0.463 e. The van der Waals surface area contributed by atoms with E-state index in [0.29, 0.717) is 16.5 Å². The van der Waals surface area contributed by atoms with E-state index in [-0.39, 0.29) is 23.4 Å². The Morgan fingerprint density at radius 1 is 1.23 bits per heavy atom. The van der Waals surface area contributed by atoms with Gasteiger partial charge in [0.05, 0.1) is 29.6 Å². The van der Waals surface area contributed by atoms with Crippen LogP contribution in [0, 0.1) is 0 Å². The van der Waals surface area contributed by atoms with Crippen LogP contribution >= 0.6 is 0 Å². The first-order chi connectivity index (χ1) is 14.8. The summed E-state index contributed by atoms with van der Waals surface area (Å²) in [5.74, 6) is -1.35. The number of alkyl halides is 3. The number of aromatic nitrogens is 2. The Hall–Kier alpha value is -3.88. The van der Waals surface area contributed by atoms with Crippen molar-refractivity contribution < 1.29 is 27.1 Å². The molecule has 0 atom stereocenters. The van der Waals surface area contributed by atoms with E-state index in [1.807, 2.05) is 0 Å². The van der Waals surface area contributed by atoms with Crippen LogP contribution in [-0.4, -0.2) is 22.1 Å². The van der Waals surface area contributed by atoms with Crippen LogP contribution in [0.1, 0.15) is 18.1 Å². The minimum absolute atomic E-state index is 0.0125. The highest BCUT2D eigenvalue weighted by molar-refractivity contribution is 6.03. The summed E-state index contributed by atoms with van der Waals surface area (Å²) in [5, 5.41) is 0.478. The van der Waals surface area contributed by atoms with Crippen molar-refractivity contribution in [2.45, 2.75) is 13.1 Å². The number of hydrogen-bond acceptors (Lipinski definition) is 5. The Morgan fingerprint density at radius 2 is 2.03 bits per heavy atom. The standard InChI is InChI=1S/C22H15F3N2O4/c1-2-30-19(28)9-7-13-6-8-17-16(10-13)20-18(12-26-17)31-21(29)27(20)15-5-3-4-14(11-15)22(23,24)25/h3-12H,2H2,1H3/b9-7+. The number of hydrogen-bond donors (Lipinski definition) is 0. The molecule has 9 heteroatoms. The topological polar surface area (TPSA) is 74.3 Å². The second-order valence-corrected chi connectivity index (χ2v) is 6.58. The SMILES string of the molecule is CCOC(=O)/C=C/c1ccc2ncc3oc(=O)n(-c4cccc(C(F)(F)F)c4)c3c2c1. The number of nitrogens with zero attached hydrogens (tertiary/aromatic N) is 2. The molecule has 6 nitrogen and oxygen atoms in total. The first-order valence-corrected chi connectivity index (χ1v) is 9.24. The predicted octanol–water partition coefficient (Wildman–Crippen LogP) is 4.73. The lowest BCUT2D eigenvalue weighted by Crippen LogP contribution is -2.13. The fourth-order valence-corrected chi connectivity index (χ4v) is 3.23. The smallest absolute Gasteiger partial charge is 0.424 e. The Bertz CT molecular complexity index is 1380. The van der Waals surface area contributed by atoms with Gasteiger partial charge in [-0.3, -0.25) is 4.98 Å². The molecule has 0 spiro atoms. The van der Waals surface area contributed by atoms with E-state index in [2.05, 4.69) is 4.98 Å². The zero-order chi connectivity index (χ0) is 22.2. The van der Waals surface area contributed by atoms with E-state index in [1.54, 1.807) is 25.1 Å². The van der Waals surface area contributed by atoms with Gasteiger partial charge in [-0.2, -0.15) is 13.2 Å². The average Bonchev–Trinajstić information content (AvgIpc) is 3.08. The number of ether oxygens (including phenoxy) is 1. The molecule has 0 saturated heterocycles. The van der Waals surface area contributed by atoms with E-state index in [1.165, 1.54) is 30.5 Å². The molecule has 0 aliphatic rings. The molecule has 0 N–H and O–H groups in total. The van der Waals surface area contributed by atoms with Crippen LogP contribution < -0.4 is 5.76 Å². The summed E-state index contributed by atoms with van der Waals surface area (Å²) < 4.78 is 50.7. The minimum atomic E-state index is -4.56. The number of benzene rings is 2. The van der Waals surface area contributed by atoms with Crippen LogP contribution in [0.15, 0.2) is 63.9 Å². The van der Waals surface area contributed by atoms with E-state index in [9.17, 15) is 22.8 Å². The second kappa shape index (κ2) is 7.75. The van der Waals surface area contributed by atoms with Crippen molar-refractivity contribution in [2.75, 3.05) is 6.61 Å². The molecular weight excluding hydrogens is 413 g/mol. The molecule has 0 saturated carbocycles. The Balaban J connectivity index is 1.93. The monoisotopic (exact) mass is 428 g/mol. The molecule has 4 aromatic rings. The van der Waals surface area contributed by atoms with Crippen molar-refractivity contribution in [3.05, 3.63) is 76.4 Å². The van der Waals surface area contributed by atoms with Crippen LogP contribution in [0.4, 0.5) is 13.2 Å². The molecule has 158 valence electrons. The molecule has 0 radical (unpaired) electrons. The number of fused-ring (bicyclic) bond motifs is 3. The molecule has 0 aliphatic carbocycles. The van der Waals surface area contributed by atoms with Crippen molar-refractivity contribution in [3.63, 3.8) is 0 Å². The maximum Gasteiger partial charge on any atom is 0.424 e. The molecule has 0 bridgehead atoms. The first kappa shape index (κ1) is 20.4. The maximum absolute atomic E-state index is 13.2. The van der Waals surface area contributed by atoms with Crippen LogP contribution in [-0.2, 0) is 15.7 Å². The van der Waals surface area contributed by atoms with Gasteiger partial charge in [0.15, 0.2) is 5.58 Å². The molecule has 2 aromatic heterocycles. The third kappa shape index (κ3) is 3.94. The molecule has 0 unspecified atom stereocenters. The summed E-state index contributed by atoms with van der Waals surface area (Å²) in [5.41, 5.74) is 0.643. The normalized spacial score (nSPS) is 12.1. The lowest BCUT2D eigenvalue weighted by Gasteiger charge is -2.10. The van der Waals surface area contributed by atoms with Gasteiger partial charge in [0.25, 0.3) is 0 Å². The Kier molecular flexibility index (Phi) is 5.10. The zero-order valence-electron chi connectivity index (χ0n) is 16.1. The van der Waals surface area contributed by atoms with E-state index < -0.39 is 23.5 Å². The van der Waals surface area contributed by atoms with E-state index >= 15 is 0 Å². The quantitative estimate of drug-likeness (QED) is 0.347. The highest BCUT2D eigenvalue weighted by Gasteiger charge is 2.31. The van der Waals surface area contributed by atoms with E-state index in [4.69, 9.17) is 9.15 Å². The number of halogens is 3. The molecule has 0 amide bonds. The number of oxazole rings is 1. The van der Waals surface area contributed by atoms with Crippen LogP contribution in [0.2, 0.25) is 0 Å². The van der Waals surface area contributed by atoms with Crippen LogP contribution in [0.25, 0.3) is 33.8 Å². The fourth-order valence-electron chi connectivity index (χ4n) is 3.23. The number of esters is 1. The third-order valence-electron chi connectivity index (χ3n) is 4.56. The number of carbonyl (C=O) groups is 1. The molecule has 2 aromatic carbocycles. The molecule has 0 fully saturated rings. The Morgan fingerprint density at radius 3 is 2.77 bits per heavy atom. The van der Waals surface area contributed by atoms with Gasteiger partial charge in [-0.15, -0.1) is 0 Å². The van der Waals surface area contributed by atoms with Gasteiger partial charge in [-0.1, -0.05) is 12.1 Å². The van der Waals surface area contributed by atoms with Crippen molar-refractivity contribution >= 4 is 34.0 Å². The lowest BCUT2D eigenvalue weighted by atomic mass is 10.1. The van der Waals surface area contributed by atoms with Gasteiger partial charge in [-0.25, -0.2) is 14.2 Å². The first-order valence-electron chi connectivity index (χ1n) is 9.24. The van der Waals surface area contributed by atoms with Gasteiger partial charge in [0, 0.05) is 11.5 Å². The second-order valence-electron chi connectivity index (χ2n) is 6.58. The number of carbonyl (C=O) groups excluding carboxylic acids is 1. The summed E-state index contributed by atoms with van der Waals surface area (Å²) >= 11 is 0. The summed E-state index contributed by atoms with van der Waals surface area (Å²) in [7, 11) is 0. The van der Waals surface area contributed by atoms with Gasteiger partial charge in [0.2, 0.25) is 0 Å². The predicted molar refractivity (Wildman–Crippen MR) is 108 cm³/mol. The van der Waals surface area contributed by atoms with Crippen LogP contribution in [0.5, 0.6) is 0 Å². The highest BCUT2D eigenvalue weighted by Crippen LogP contribution is 2.32. The van der Waals surface area contributed by atoms with Gasteiger partial charge in [-0.05, 0) is 48.9 Å². The summed E-state index contributed by atoms with van der Waals surface area (Å²) in [4.78, 5) is 28.3. The van der Waals surface area contributed by atoms with Crippen LogP contribution in [0.3, 0.4) is 0 Å². The lowest BCUT2D eigenvalue weighted by molar-refractivity contribution is -0.138. The zero-order valence-corrected chi connectivity index (χ0v) is 16.1. The largest absolute Gasteiger partial charge is 0.463 e. The molecule has 0 aliphatic heterocycles. The summed E-state index contributed by atoms with van der Waals surface area (Å²) in [6.45, 7) is 1.93. The van der Waals surface area contributed by atoms with Crippen molar-refractivity contribution in [1.29, 1.82) is 0 Å². The molecule has 31 heavy (non-hydrogen) atoms. The summed E-state index contributed by atoms with van der Waals surface area (Å²) in [6.07, 6.45) is -0.429. The van der Waals surface area contributed by atoms with Crippen molar-refractivity contribution in [1.82, 2.24) is 9.55 Å². The summed E-state index contributed by atoms with van der Waals surface area (Å²) in [6, 6.07) is 9.47. The number of rotatable bonds is 4. The van der Waals surface area contributed by atoms with Gasteiger partial charge < -0.3 is 9.15 Å². The molecule has 2 heterocycles. The average molecular weight is 428 g/mol. The van der Waals surface area contributed by atoms with E-state index in [0.717, 1.165) is 16.7 Å². The maximum atomic E-state index is 13.2. The van der Waals surface area contributed by atoms with Gasteiger partial charge in [0.1, 0.15) is 5.52 Å². The molecule has 4 rings (SSSR count). The van der Waals surface area contributed by atoms with Crippen molar-refractivity contribution in [2.24, 2.45) is 0 Å². The van der Waals surface area contributed by atoms with Crippen molar-refractivity contribution in [3.8, 4) is 5.69 Å². The highest BCUT2D eigenvalue weighted by atomic mass is 19.4.